The Balaban J connectivity index is 1.65. The van der Waals surface area contributed by atoms with Gasteiger partial charge in [0, 0.05) is 22.2 Å². The largest absolute Gasteiger partial charge is 0.338 e. The quantitative estimate of drug-likeness (QED) is 0.658. The molecular weight excluding hydrogens is 341 g/mol. The van der Waals surface area contributed by atoms with Crippen LogP contribution in [0.3, 0.4) is 0 Å². The average molecular weight is 353 g/mol. The first-order chi connectivity index (χ1) is 12.2. The highest BCUT2D eigenvalue weighted by Crippen LogP contribution is 2.31. The standard InChI is InChI=1S/C18H12FN3O2S/c1-25-12-5-2-10(3-6-12)17-21-18(24-22-17)14-9-20-15-7-4-11(19)8-13(15)16(14)23/h2-9,14H,1H3. The van der Waals surface area contributed by atoms with Crippen molar-refractivity contribution in [3.05, 3.63) is 59.7 Å². The Kier molecular flexibility index (Phi) is 3.93. The number of carbonyl (C=O) groups is 1. The van der Waals surface area contributed by atoms with Crippen LogP contribution in [0.1, 0.15) is 22.2 Å². The van der Waals surface area contributed by atoms with Gasteiger partial charge in [-0.1, -0.05) is 5.16 Å². The summed E-state index contributed by atoms with van der Waals surface area (Å²) in [5.41, 5.74) is 1.45. The summed E-state index contributed by atoms with van der Waals surface area (Å²) >= 11 is 1.64. The van der Waals surface area contributed by atoms with Gasteiger partial charge in [-0.05, 0) is 48.7 Å². The maximum Gasteiger partial charge on any atom is 0.243 e. The van der Waals surface area contributed by atoms with E-state index < -0.39 is 11.7 Å². The Labute approximate surface area is 147 Å². The number of carbonyl (C=O) groups excluding carboxylic acids is 1. The molecule has 1 aliphatic rings. The summed E-state index contributed by atoms with van der Waals surface area (Å²) < 4.78 is 18.7. The first-order valence-electron chi connectivity index (χ1n) is 7.51. The van der Waals surface area contributed by atoms with Crippen molar-refractivity contribution in [2.45, 2.75) is 10.8 Å². The summed E-state index contributed by atoms with van der Waals surface area (Å²) in [7, 11) is 0. The van der Waals surface area contributed by atoms with Gasteiger partial charge in [0.1, 0.15) is 11.7 Å². The summed E-state index contributed by atoms with van der Waals surface area (Å²) in [5.74, 6) is -1.05. The molecule has 0 fully saturated rings. The minimum Gasteiger partial charge on any atom is -0.338 e. The number of aliphatic imine (C=N–C) groups is 1. The van der Waals surface area contributed by atoms with E-state index in [1.54, 1.807) is 11.8 Å². The van der Waals surface area contributed by atoms with Crippen molar-refractivity contribution in [1.82, 2.24) is 10.1 Å². The molecule has 1 unspecified atom stereocenters. The summed E-state index contributed by atoms with van der Waals surface area (Å²) in [6.45, 7) is 0. The van der Waals surface area contributed by atoms with Crippen molar-refractivity contribution in [1.29, 1.82) is 0 Å². The van der Waals surface area contributed by atoms with Crippen LogP contribution in [0.25, 0.3) is 11.4 Å². The maximum atomic E-state index is 13.4. The lowest BCUT2D eigenvalue weighted by Gasteiger charge is -2.14. The molecule has 124 valence electrons. The van der Waals surface area contributed by atoms with E-state index in [1.165, 1.54) is 24.4 Å². The molecule has 0 spiro atoms. The third-order valence-corrected chi connectivity index (χ3v) is 4.67. The van der Waals surface area contributed by atoms with Crippen LogP contribution in [0.2, 0.25) is 0 Å². The molecule has 7 heteroatoms. The van der Waals surface area contributed by atoms with Gasteiger partial charge in [0.25, 0.3) is 0 Å². The first kappa shape index (κ1) is 15.7. The molecule has 1 atom stereocenters. The van der Waals surface area contributed by atoms with Crippen LogP contribution >= 0.6 is 11.8 Å². The Morgan fingerprint density at radius 3 is 2.72 bits per heavy atom. The molecule has 1 aromatic heterocycles. The zero-order chi connectivity index (χ0) is 17.4. The topological polar surface area (TPSA) is 68.3 Å². The van der Waals surface area contributed by atoms with Gasteiger partial charge < -0.3 is 4.52 Å². The molecule has 1 aliphatic heterocycles. The predicted molar refractivity (Wildman–Crippen MR) is 93.1 cm³/mol. The molecule has 5 nitrogen and oxygen atoms in total. The van der Waals surface area contributed by atoms with Crippen molar-refractivity contribution >= 4 is 29.4 Å². The Bertz CT molecular complexity index is 982. The fourth-order valence-electron chi connectivity index (χ4n) is 2.60. The van der Waals surface area contributed by atoms with Crippen LogP contribution in [0.4, 0.5) is 10.1 Å². The SMILES string of the molecule is CSc1ccc(-c2noc(C3C=Nc4ccc(F)cc4C3=O)n2)cc1. The molecule has 0 bridgehead atoms. The van der Waals surface area contributed by atoms with E-state index >= 15 is 0 Å². The molecule has 2 aromatic carbocycles. The molecule has 25 heavy (non-hydrogen) atoms. The van der Waals surface area contributed by atoms with Gasteiger partial charge in [-0.3, -0.25) is 9.79 Å². The molecule has 2 heterocycles. The highest BCUT2D eigenvalue weighted by Gasteiger charge is 2.31. The van der Waals surface area contributed by atoms with E-state index in [1.807, 2.05) is 30.5 Å². The number of nitrogens with zero attached hydrogens (tertiary/aromatic N) is 3. The average Bonchev–Trinajstić information content (AvgIpc) is 3.12. The lowest BCUT2D eigenvalue weighted by atomic mass is 9.94. The van der Waals surface area contributed by atoms with Gasteiger partial charge in [-0.2, -0.15) is 4.98 Å². The Morgan fingerprint density at radius 1 is 1.16 bits per heavy atom. The van der Waals surface area contributed by atoms with Crippen LogP contribution in [-0.2, 0) is 0 Å². The Hall–Kier alpha value is -2.80. The predicted octanol–water partition coefficient (Wildman–Crippen LogP) is 4.28. The Morgan fingerprint density at radius 2 is 1.96 bits per heavy atom. The second kappa shape index (κ2) is 6.25. The molecule has 0 saturated heterocycles. The van der Waals surface area contributed by atoms with Gasteiger partial charge in [0.2, 0.25) is 11.7 Å². The molecule has 0 amide bonds. The van der Waals surface area contributed by atoms with E-state index in [-0.39, 0.29) is 17.2 Å². The summed E-state index contributed by atoms with van der Waals surface area (Å²) in [5, 5.41) is 3.94. The molecule has 4 rings (SSSR count). The molecule has 0 aliphatic carbocycles. The first-order valence-corrected chi connectivity index (χ1v) is 8.74. The number of rotatable bonds is 3. The fourth-order valence-corrected chi connectivity index (χ4v) is 3.01. The van der Waals surface area contributed by atoms with Crippen LogP contribution in [0.5, 0.6) is 0 Å². The number of Topliss-reactive ketones (excluding diaryl/α,β-unsaturated/α-hetero) is 1. The lowest BCUT2D eigenvalue weighted by Crippen LogP contribution is -2.18. The normalized spacial score (nSPS) is 16.1. The second-order valence-electron chi connectivity index (χ2n) is 5.47. The third kappa shape index (κ3) is 2.87. The molecule has 3 aromatic rings. The van der Waals surface area contributed by atoms with Crippen LogP contribution in [-0.4, -0.2) is 28.4 Å². The zero-order valence-electron chi connectivity index (χ0n) is 13.1. The highest BCUT2D eigenvalue weighted by atomic mass is 32.2. The number of aromatic nitrogens is 2. The number of hydrogen-bond acceptors (Lipinski definition) is 6. The maximum absolute atomic E-state index is 13.4. The van der Waals surface area contributed by atoms with Crippen molar-refractivity contribution < 1.29 is 13.7 Å². The van der Waals surface area contributed by atoms with Gasteiger partial charge in [0.15, 0.2) is 5.78 Å². The van der Waals surface area contributed by atoms with Crippen molar-refractivity contribution in [2.24, 2.45) is 4.99 Å². The number of benzene rings is 2. The van der Waals surface area contributed by atoms with E-state index in [9.17, 15) is 9.18 Å². The monoisotopic (exact) mass is 353 g/mol. The van der Waals surface area contributed by atoms with E-state index in [0.717, 1.165) is 10.5 Å². The number of ketones is 1. The minimum absolute atomic E-state index is 0.146. The third-order valence-electron chi connectivity index (χ3n) is 3.93. The van der Waals surface area contributed by atoms with Gasteiger partial charge in [0.05, 0.1) is 5.69 Å². The second-order valence-corrected chi connectivity index (χ2v) is 6.35. The van der Waals surface area contributed by atoms with Crippen LogP contribution in [0, 0.1) is 5.82 Å². The fraction of sp³-hybridized carbons (Fsp3) is 0.111. The van der Waals surface area contributed by atoms with Crippen molar-refractivity contribution in [3.8, 4) is 11.4 Å². The zero-order valence-corrected chi connectivity index (χ0v) is 14.0. The van der Waals surface area contributed by atoms with Crippen molar-refractivity contribution in [3.63, 3.8) is 0 Å². The minimum atomic E-state index is -0.805. The summed E-state index contributed by atoms with van der Waals surface area (Å²) in [4.78, 5) is 22.3. The highest BCUT2D eigenvalue weighted by molar-refractivity contribution is 7.98. The molecule has 0 N–H and O–H groups in total. The number of thioether (sulfide) groups is 1. The van der Waals surface area contributed by atoms with Crippen molar-refractivity contribution in [2.75, 3.05) is 6.26 Å². The van der Waals surface area contributed by atoms with E-state index in [4.69, 9.17) is 4.52 Å². The van der Waals surface area contributed by atoms with E-state index in [2.05, 4.69) is 15.1 Å². The number of halogens is 1. The lowest BCUT2D eigenvalue weighted by molar-refractivity contribution is 0.0971. The number of hydrogen-bond donors (Lipinski definition) is 0. The van der Waals surface area contributed by atoms with Gasteiger partial charge in [-0.15, -0.1) is 11.8 Å². The van der Waals surface area contributed by atoms with Gasteiger partial charge in [-0.25, -0.2) is 4.39 Å². The number of fused-ring (bicyclic) bond motifs is 1. The van der Waals surface area contributed by atoms with Crippen LogP contribution < -0.4 is 0 Å². The summed E-state index contributed by atoms with van der Waals surface area (Å²) in [6, 6.07) is 11.6. The summed E-state index contributed by atoms with van der Waals surface area (Å²) in [6.07, 6.45) is 3.45. The van der Waals surface area contributed by atoms with E-state index in [0.29, 0.717) is 11.5 Å². The molecular formula is C18H12FN3O2S. The van der Waals surface area contributed by atoms with Crippen LogP contribution in [0.15, 0.2) is 56.9 Å². The smallest absolute Gasteiger partial charge is 0.243 e. The molecule has 0 radical (unpaired) electrons. The molecule has 0 saturated carbocycles. The van der Waals surface area contributed by atoms with Gasteiger partial charge >= 0.3 is 0 Å².